The van der Waals surface area contributed by atoms with Crippen molar-refractivity contribution in [2.24, 2.45) is 0 Å². The Hall–Kier alpha value is -2.96. The number of thioether (sulfide) groups is 1. The predicted molar refractivity (Wildman–Crippen MR) is 115 cm³/mol. The van der Waals surface area contributed by atoms with E-state index in [0.29, 0.717) is 0 Å². The minimum Gasteiger partial charge on any atom is -0.493 e. The molecule has 3 aromatic rings. The lowest BCUT2D eigenvalue weighted by molar-refractivity contribution is -0.0343. The van der Waals surface area contributed by atoms with Crippen LogP contribution in [0.1, 0.15) is 29.0 Å². The maximum absolute atomic E-state index is 6.49. The van der Waals surface area contributed by atoms with Crippen molar-refractivity contribution in [2.75, 3.05) is 13.4 Å². The van der Waals surface area contributed by atoms with Crippen LogP contribution in [0, 0.1) is 0 Å². The third-order valence-electron chi connectivity index (χ3n) is 5.28. The molecule has 0 aliphatic carbocycles. The molecule has 2 aliphatic rings. The van der Waals surface area contributed by atoms with E-state index in [4.69, 9.17) is 9.47 Å². The maximum Gasteiger partial charge on any atom is 0.196 e. The fourth-order valence-electron chi connectivity index (χ4n) is 3.83. The van der Waals surface area contributed by atoms with Crippen molar-refractivity contribution in [1.82, 2.24) is 15.4 Å². The van der Waals surface area contributed by atoms with Gasteiger partial charge in [-0.1, -0.05) is 24.3 Å². The lowest BCUT2D eigenvalue weighted by Gasteiger charge is -2.39. The number of pyridine rings is 1. The van der Waals surface area contributed by atoms with E-state index in [9.17, 15) is 0 Å². The zero-order valence-corrected chi connectivity index (χ0v) is 17.0. The predicted octanol–water partition coefficient (Wildman–Crippen LogP) is 4.81. The third-order valence-corrected chi connectivity index (χ3v) is 6.02. The zero-order chi connectivity index (χ0) is 19.8. The van der Waals surface area contributed by atoms with Gasteiger partial charge in [0.05, 0.1) is 18.8 Å². The van der Waals surface area contributed by atoms with Gasteiger partial charge in [-0.25, -0.2) is 0 Å². The van der Waals surface area contributed by atoms with Crippen LogP contribution in [0.25, 0.3) is 5.70 Å². The summed E-state index contributed by atoms with van der Waals surface area (Å²) in [5, 5.41) is 2.15. The van der Waals surface area contributed by atoms with Crippen molar-refractivity contribution in [3.05, 3.63) is 89.8 Å². The van der Waals surface area contributed by atoms with E-state index in [-0.39, 0.29) is 12.3 Å². The summed E-state index contributed by atoms with van der Waals surface area (Å²) in [6, 6.07) is 18.6. The zero-order valence-electron chi connectivity index (χ0n) is 16.2. The summed E-state index contributed by atoms with van der Waals surface area (Å²) in [5.41, 5.74) is 7.77. The minimum absolute atomic E-state index is 0.0225. The third kappa shape index (κ3) is 3.14. The highest BCUT2D eigenvalue weighted by atomic mass is 32.2. The van der Waals surface area contributed by atoms with Crippen LogP contribution in [0.15, 0.2) is 78.0 Å². The topological polar surface area (TPSA) is 46.6 Å². The Morgan fingerprint density at radius 1 is 1.10 bits per heavy atom. The summed E-state index contributed by atoms with van der Waals surface area (Å²) < 4.78 is 12.1. The van der Waals surface area contributed by atoms with Crippen LogP contribution in [0.3, 0.4) is 0 Å². The van der Waals surface area contributed by atoms with Crippen LogP contribution < -0.4 is 14.9 Å². The molecule has 5 nitrogen and oxygen atoms in total. The molecule has 0 amide bonds. The fraction of sp³-hybridized carbons (Fsp3) is 0.174. The van der Waals surface area contributed by atoms with Gasteiger partial charge in [0.2, 0.25) is 0 Å². The number of hydrogen-bond acceptors (Lipinski definition) is 6. The van der Waals surface area contributed by atoms with Crippen LogP contribution in [0.5, 0.6) is 11.5 Å². The first-order valence-corrected chi connectivity index (χ1v) is 10.7. The summed E-state index contributed by atoms with van der Waals surface area (Å²) in [5.74, 6) is 1.54. The number of ether oxygens (including phenoxy) is 2. The van der Waals surface area contributed by atoms with Gasteiger partial charge in [0.25, 0.3) is 0 Å². The largest absolute Gasteiger partial charge is 0.493 e. The second-order valence-electron chi connectivity index (χ2n) is 6.91. The molecule has 0 spiro atoms. The summed E-state index contributed by atoms with van der Waals surface area (Å²) >= 11 is 1.73. The monoisotopic (exact) mass is 403 g/mol. The number of hydrazine groups is 1. The van der Waals surface area contributed by atoms with Crippen LogP contribution in [-0.4, -0.2) is 23.4 Å². The smallest absolute Gasteiger partial charge is 0.196 e. The number of nitrogens with one attached hydrogen (secondary N) is 1. The first kappa shape index (κ1) is 18.1. The molecule has 2 aromatic carbocycles. The Morgan fingerprint density at radius 2 is 1.97 bits per heavy atom. The Kier molecular flexibility index (Phi) is 4.66. The van der Waals surface area contributed by atoms with Gasteiger partial charge in [-0.15, -0.1) is 11.8 Å². The minimum atomic E-state index is -0.287. The normalized spacial score (nSPS) is 20.1. The molecule has 0 saturated carbocycles. The molecule has 2 aliphatic heterocycles. The van der Waals surface area contributed by atoms with Gasteiger partial charge in [0.1, 0.15) is 0 Å². The van der Waals surface area contributed by atoms with Gasteiger partial charge in [0.15, 0.2) is 17.7 Å². The lowest BCUT2D eigenvalue weighted by Crippen LogP contribution is -2.43. The molecule has 6 heteroatoms. The van der Waals surface area contributed by atoms with Crippen molar-refractivity contribution in [2.45, 2.75) is 17.2 Å². The Balaban J connectivity index is 1.60. The summed E-state index contributed by atoms with van der Waals surface area (Å²) in [4.78, 5) is 5.49. The molecule has 1 aromatic heterocycles. The molecule has 5 rings (SSSR count). The molecule has 0 radical (unpaired) electrons. The van der Waals surface area contributed by atoms with Crippen molar-refractivity contribution < 1.29 is 9.47 Å². The average Bonchev–Trinajstić information content (AvgIpc) is 3.24. The summed E-state index contributed by atoms with van der Waals surface area (Å²) in [6.45, 7) is 0. The van der Waals surface area contributed by atoms with Gasteiger partial charge in [-0.2, -0.15) is 5.01 Å². The van der Waals surface area contributed by atoms with Gasteiger partial charge in [0, 0.05) is 34.0 Å². The number of methoxy groups -OCH3 is 1. The first-order chi connectivity index (χ1) is 14.3. The molecule has 29 heavy (non-hydrogen) atoms. The fourth-order valence-corrected chi connectivity index (χ4v) is 4.24. The highest BCUT2D eigenvalue weighted by molar-refractivity contribution is 7.98. The lowest BCUT2D eigenvalue weighted by atomic mass is 10.0. The van der Waals surface area contributed by atoms with E-state index in [0.717, 1.165) is 33.9 Å². The number of para-hydroxylation sites is 1. The quantitative estimate of drug-likeness (QED) is 0.631. The molecule has 2 unspecified atom stereocenters. The standard InChI is InChI=1S/C23H21N3O2S/c1-27-21-7-3-6-18-20-13-19(16-5-4-12-24-14-16)25-26(20)23(28-22(18)21)15-8-10-17(29-2)11-9-15/h3-14,20,23,25H,1-2H3. The van der Waals surface area contributed by atoms with E-state index in [2.05, 4.69) is 64.1 Å². The average molecular weight is 404 g/mol. The Morgan fingerprint density at radius 3 is 2.69 bits per heavy atom. The van der Waals surface area contributed by atoms with Crippen LogP contribution in [0.2, 0.25) is 0 Å². The SMILES string of the molecule is COc1cccc2c1OC(c1ccc(SC)cc1)N1NC(c3cccnc3)=CC21. The summed E-state index contributed by atoms with van der Waals surface area (Å²) in [6.07, 6.45) is 7.67. The molecule has 0 fully saturated rings. The van der Waals surface area contributed by atoms with Gasteiger partial charge < -0.3 is 14.9 Å². The van der Waals surface area contributed by atoms with E-state index >= 15 is 0 Å². The van der Waals surface area contributed by atoms with Crippen molar-refractivity contribution in [3.63, 3.8) is 0 Å². The Labute approximate surface area is 174 Å². The van der Waals surface area contributed by atoms with Gasteiger partial charge in [-0.05, 0) is 42.7 Å². The first-order valence-electron chi connectivity index (χ1n) is 9.43. The van der Waals surface area contributed by atoms with E-state index in [1.807, 2.05) is 24.4 Å². The molecule has 146 valence electrons. The highest BCUT2D eigenvalue weighted by Crippen LogP contribution is 2.49. The van der Waals surface area contributed by atoms with Crippen molar-refractivity contribution in [1.29, 1.82) is 0 Å². The molecule has 0 saturated heterocycles. The molecule has 2 atom stereocenters. The van der Waals surface area contributed by atoms with Crippen LogP contribution in [0.4, 0.5) is 0 Å². The highest BCUT2D eigenvalue weighted by Gasteiger charge is 2.41. The van der Waals surface area contributed by atoms with Crippen molar-refractivity contribution in [3.8, 4) is 11.5 Å². The molecular formula is C23H21N3O2S. The number of benzene rings is 2. The maximum atomic E-state index is 6.49. The van der Waals surface area contributed by atoms with Crippen LogP contribution in [-0.2, 0) is 0 Å². The van der Waals surface area contributed by atoms with E-state index in [1.54, 1.807) is 25.1 Å². The number of hydrogen-bond donors (Lipinski definition) is 1. The van der Waals surface area contributed by atoms with Crippen molar-refractivity contribution >= 4 is 17.5 Å². The second-order valence-corrected chi connectivity index (χ2v) is 7.79. The van der Waals surface area contributed by atoms with E-state index < -0.39 is 0 Å². The summed E-state index contributed by atoms with van der Waals surface area (Å²) in [7, 11) is 1.68. The van der Waals surface area contributed by atoms with E-state index in [1.165, 1.54) is 4.90 Å². The Bertz CT molecular complexity index is 1050. The molecular weight excluding hydrogens is 382 g/mol. The van der Waals surface area contributed by atoms with Gasteiger partial charge >= 0.3 is 0 Å². The van der Waals surface area contributed by atoms with Gasteiger partial charge in [-0.3, -0.25) is 4.98 Å². The second kappa shape index (κ2) is 7.46. The van der Waals surface area contributed by atoms with Crippen LogP contribution >= 0.6 is 11.8 Å². The molecule has 3 heterocycles. The number of rotatable bonds is 4. The molecule has 1 N–H and O–H groups in total. The number of fused-ring (bicyclic) bond motifs is 3. The number of aromatic nitrogens is 1. The molecule has 0 bridgehead atoms. The number of nitrogens with zero attached hydrogens (tertiary/aromatic N) is 2.